The van der Waals surface area contributed by atoms with Crippen molar-refractivity contribution in [2.75, 3.05) is 10.6 Å². The lowest BCUT2D eigenvalue weighted by Gasteiger charge is -2.23. The Morgan fingerprint density at radius 1 is 1.33 bits per heavy atom. The third kappa shape index (κ3) is 5.69. The van der Waals surface area contributed by atoms with Crippen molar-refractivity contribution in [1.82, 2.24) is 0 Å². The first-order valence-electron chi connectivity index (χ1n) is 6.43. The topological polar surface area (TPSA) is 84.2 Å². The van der Waals surface area contributed by atoms with Crippen molar-refractivity contribution in [2.24, 2.45) is 5.73 Å². The standard InChI is InChI=1S/C14H20FN3O2.ClH/c1-4-7-14(3,16)13(20)18-12-8-10(17-9(2)19)5-6-11(12)15;/h5-6,8H,4,7,16H2,1-3H3,(H,17,19)(H,18,20);1H. The summed E-state index contributed by atoms with van der Waals surface area (Å²) in [6.07, 6.45) is 1.24. The average molecular weight is 318 g/mol. The van der Waals surface area contributed by atoms with Gasteiger partial charge in [0.25, 0.3) is 0 Å². The van der Waals surface area contributed by atoms with Crippen LogP contribution in [-0.2, 0) is 9.59 Å². The fourth-order valence-electron chi connectivity index (χ4n) is 1.80. The number of nitrogens with two attached hydrogens (primary N) is 1. The maximum atomic E-state index is 13.7. The molecule has 5 nitrogen and oxygen atoms in total. The van der Waals surface area contributed by atoms with Crippen molar-refractivity contribution in [3.8, 4) is 0 Å². The van der Waals surface area contributed by atoms with Gasteiger partial charge in [0.05, 0.1) is 11.2 Å². The molecule has 0 saturated heterocycles. The highest BCUT2D eigenvalue weighted by molar-refractivity contribution is 5.98. The van der Waals surface area contributed by atoms with Crippen LogP contribution in [0.2, 0.25) is 0 Å². The second-order valence-electron chi connectivity index (χ2n) is 5.00. The third-order valence-electron chi connectivity index (χ3n) is 2.82. The Balaban J connectivity index is 0.00000400. The fourth-order valence-corrected chi connectivity index (χ4v) is 1.80. The molecule has 1 rings (SSSR count). The SMILES string of the molecule is CCCC(C)(N)C(=O)Nc1cc(NC(C)=O)ccc1F.Cl. The van der Waals surface area contributed by atoms with Crippen molar-refractivity contribution < 1.29 is 14.0 Å². The Morgan fingerprint density at radius 2 is 1.95 bits per heavy atom. The third-order valence-corrected chi connectivity index (χ3v) is 2.82. The molecule has 0 radical (unpaired) electrons. The number of hydrogen-bond donors (Lipinski definition) is 3. The number of rotatable bonds is 5. The predicted molar refractivity (Wildman–Crippen MR) is 84.1 cm³/mol. The van der Waals surface area contributed by atoms with Crippen LogP contribution in [-0.4, -0.2) is 17.4 Å². The molecular formula is C14H21ClFN3O2. The molecule has 0 spiro atoms. The van der Waals surface area contributed by atoms with Gasteiger partial charge in [0.2, 0.25) is 11.8 Å². The van der Waals surface area contributed by atoms with E-state index in [2.05, 4.69) is 10.6 Å². The van der Waals surface area contributed by atoms with Gasteiger partial charge >= 0.3 is 0 Å². The molecule has 2 amide bonds. The van der Waals surface area contributed by atoms with Crippen molar-refractivity contribution in [3.63, 3.8) is 0 Å². The van der Waals surface area contributed by atoms with E-state index in [0.29, 0.717) is 12.1 Å². The number of carbonyl (C=O) groups is 2. The monoisotopic (exact) mass is 317 g/mol. The van der Waals surface area contributed by atoms with E-state index < -0.39 is 17.3 Å². The summed E-state index contributed by atoms with van der Waals surface area (Å²) in [6, 6.07) is 3.95. The minimum atomic E-state index is -1.06. The Labute approximate surface area is 129 Å². The van der Waals surface area contributed by atoms with Crippen LogP contribution in [0.25, 0.3) is 0 Å². The molecule has 1 atom stereocenters. The Morgan fingerprint density at radius 3 is 2.48 bits per heavy atom. The van der Waals surface area contributed by atoms with Crippen LogP contribution in [0.1, 0.15) is 33.6 Å². The van der Waals surface area contributed by atoms with Crippen molar-refractivity contribution >= 4 is 35.6 Å². The molecule has 21 heavy (non-hydrogen) atoms. The highest BCUT2D eigenvalue weighted by Crippen LogP contribution is 2.21. The maximum Gasteiger partial charge on any atom is 0.244 e. The molecule has 7 heteroatoms. The second kappa shape index (κ2) is 7.95. The van der Waals surface area contributed by atoms with Gasteiger partial charge in [0.15, 0.2) is 0 Å². The summed E-state index contributed by atoms with van der Waals surface area (Å²) < 4.78 is 13.7. The molecule has 1 unspecified atom stereocenters. The highest BCUT2D eigenvalue weighted by Gasteiger charge is 2.27. The van der Waals surface area contributed by atoms with Crippen LogP contribution in [0.15, 0.2) is 18.2 Å². The smallest absolute Gasteiger partial charge is 0.244 e. The number of benzene rings is 1. The molecule has 0 fully saturated rings. The number of carbonyl (C=O) groups excluding carboxylic acids is 2. The van der Waals surface area contributed by atoms with E-state index >= 15 is 0 Å². The number of halogens is 2. The number of nitrogens with one attached hydrogen (secondary N) is 2. The second-order valence-corrected chi connectivity index (χ2v) is 5.00. The summed E-state index contributed by atoms with van der Waals surface area (Å²) in [5.74, 6) is -1.32. The Hall–Kier alpha value is -1.66. The molecule has 0 saturated carbocycles. The summed E-state index contributed by atoms with van der Waals surface area (Å²) in [4.78, 5) is 23.0. The average Bonchev–Trinajstić information content (AvgIpc) is 2.32. The molecule has 0 bridgehead atoms. The Kier molecular flexibility index (Phi) is 7.32. The lowest BCUT2D eigenvalue weighted by atomic mass is 9.96. The number of amides is 2. The predicted octanol–water partition coefficient (Wildman–Crippen LogP) is 2.66. The van der Waals surface area contributed by atoms with E-state index in [-0.39, 0.29) is 24.0 Å². The van der Waals surface area contributed by atoms with Gasteiger partial charge in [-0.1, -0.05) is 13.3 Å². The van der Waals surface area contributed by atoms with Gasteiger partial charge < -0.3 is 16.4 Å². The number of anilines is 2. The van der Waals surface area contributed by atoms with E-state index in [4.69, 9.17) is 5.73 Å². The van der Waals surface area contributed by atoms with Crippen LogP contribution in [0.5, 0.6) is 0 Å². The van der Waals surface area contributed by atoms with E-state index in [9.17, 15) is 14.0 Å². The Bertz CT molecular complexity index is 521. The molecular weight excluding hydrogens is 297 g/mol. The lowest BCUT2D eigenvalue weighted by Crippen LogP contribution is -2.48. The van der Waals surface area contributed by atoms with Crippen LogP contribution < -0.4 is 16.4 Å². The van der Waals surface area contributed by atoms with Crippen LogP contribution in [0.3, 0.4) is 0 Å². The van der Waals surface area contributed by atoms with E-state index in [1.165, 1.54) is 25.1 Å². The van der Waals surface area contributed by atoms with E-state index in [1.54, 1.807) is 6.92 Å². The van der Waals surface area contributed by atoms with Gasteiger partial charge in [-0.15, -0.1) is 12.4 Å². The van der Waals surface area contributed by atoms with Crippen molar-refractivity contribution in [2.45, 2.75) is 39.2 Å². The first-order chi connectivity index (χ1) is 9.26. The molecule has 0 heterocycles. The zero-order chi connectivity index (χ0) is 15.3. The zero-order valence-electron chi connectivity index (χ0n) is 12.3. The van der Waals surface area contributed by atoms with Gasteiger partial charge in [-0.3, -0.25) is 9.59 Å². The molecule has 0 aliphatic rings. The minimum Gasteiger partial charge on any atom is -0.326 e. The molecule has 0 aliphatic heterocycles. The number of hydrogen-bond acceptors (Lipinski definition) is 3. The van der Waals surface area contributed by atoms with E-state index in [0.717, 1.165) is 6.42 Å². The lowest BCUT2D eigenvalue weighted by molar-refractivity contribution is -0.120. The molecule has 0 aliphatic carbocycles. The zero-order valence-corrected chi connectivity index (χ0v) is 13.1. The van der Waals surface area contributed by atoms with Crippen molar-refractivity contribution in [1.29, 1.82) is 0 Å². The minimum absolute atomic E-state index is 0. The summed E-state index contributed by atoms with van der Waals surface area (Å²) >= 11 is 0. The van der Waals surface area contributed by atoms with Crippen LogP contribution in [0.4, 0.5) is 15.8 Å². The van der Waals surface area contributed by atoms with Crippen molar-refractivity contribution in [3.05, 3.63) is 24.0 Å². The molecule has 4 N–H and O–H groups in total. The molecule has 0 aromatic heterocycles. The first kappa shape index (κ1) is 19.3. The van der Waals surface area contributed by atoms with Gasteiger partial charge in [-0.25, -0.2) is 4.39 Å². The molecule has 1 aromatic carbocycles. The summed E-state index contributed by atoms with van der Waals surface area (Å²) in [6.45, 7) is 4.86. The highest BCUT2D eigenvalue weighted by atomic mass is 35.5. The molecule has 1 aromatic rings. The maximum absolute atomic E-state index is 13.7. The quantitative estimate of drug-likeness (QED) is 0.780. The van der Waals surface area contributed by atoms with Crippen LogP contribution in [0, 0.1) is 5.82 Å². The molecule has 118 valence electrons. The van der Waals surface area contributed by atoms with Gasteiger partial charge in [-0.2, -0.15) is 0 Å². The van der Waals surface area contributed by atoms with Gasteiger partial charge in [0.1, 0.15) is 5.82 Å². The summed E-state index contributed by atoms with van der Waals surface area (Å²) in [7, 11) is 0. The van der Waals surface area contributed by atoms with Crippen LogP contribution >= 0.6 is 12.4 Å². The van der Waals surface area contributed by atoms with E-state index in [1.807, 2.05) is 6.92 Å². The fraction of sp³-hybridized carbons (Fsp3) is 0.429. The largest absolute Gasteiger partial charge is 0.326 e. The first-order valence-corrected chi connectivity index (χ1v) is 6.43. The van der Waals surface area contributed by atoms with Gasteiger partial charge in [0, 0.05) is 12.6 Å². The summed E-state index contributed by atoms with van der Waals surface area (Å²) in [5, 5.41) is 4.98. The van der Waals surface area contributed by atoms with Gasteiger partial charge in [-0.05, 0) is 31.5 Å². The normalized spacial score (nSPS) is 12.8. The summed E-state index contributed by atoms with van der Waals surface area (Å²) in [5.41, 5.74) is 5.22.